The Kier molecular flexibility index (Phi) is 3.16. The first-order valence-corrected chi connectivity index (χ1v) is 5.62. The number of rotatable bonds is 3. The van der Waals surface area contributed by atoms with E-state index < -0.39 is 0 Å². The predicted octanol–water partition coefficient (Wildman–Crippen LogP) is 0.689. The van der Waals surface area contributed by atoms with Crippen LogP contribution in [0.3, 0.4) is 0 Å². The van der Waals surface area contributed by atoms with Crippen LogP contribution in [0.4, 0.5) is 0 Å². The summed E-state index contributed by atoms with van der Waals surface area (Å²) in [6.45, 7) is 4.61. The molecule has 0 spiro atoms. The zero-order chi connectivity index (χ0) is 10.7. The topological polar surface area (TPSA) is 46.9 Å². The summed E-state index contributed by atoms with van der Waals surface area (Å²) in [4.78, 5) is 11.7. The lowest BCUT2D eigenvalue weighted by atomic mass is 10.1. The number of hydrogen-bond donors (Lipinski definition) is 1. The molecular formula is C11H17N3O. The second-order valence-electron chi connectivity index (χ2n) is 3.96. The summed E-state index contributed by atoms with van der Waals surface area (Å²) < 4.78 is 1.60. The monoisotopic (exact) mass is 207 g/mol. The summed E-state index contributed by atoms with van der Waals surface area (Å²) >= 11 is 0. The zero-order valence-electron chi connectivity index (χ0n) is 9.12. The lowest BCUT2D eigenvalue weighted by Gasteiger charge is -2.16. The molecule has 82 valence electrons. The van der Waals surface area contributed by atoms with Gasteiger partial charge in [-0.2, -0.15) is 5.10 Å². The van der Waals surface area contributed by atoms with E-state index in [1.54, 1.807) is 10.7 Å². The van der Waals surface area contributed by atoms with Gasteiger partial charge in [0, 0.05) is 32.1 Å². The van der Waals surface area contributed by atoms with Gasteiger partial charge in [0.2, 0.25) is 0 Å². The second kappa shape index (κ2) is 4.57. The van der Waals surface area contributed by atoms with E-state index in [1.807, 2.05) is 0 Å². The summed E-state index contributed by atoms with van der Waals surface area (Å²) in [5, 5.41) is 7.66. The molecule has 0 unspecified atom stereocenters. The predicted molar refractivity (Wildman–Crippen MR) is 58.8 cm³/mol. The Bertz CT molecular complexity index is 397. The van der Waals surface area contributed by atoms with E-state index in [4.69, 9.17) is 0 Å². The van der Waals surface area contributed by atoms with Crippen LogP contribution in [0.5, 0.6) is 0 Å². The van der Waals surface area contributed by atoms with Gasteiger partial charge in [-0.15, -0.1) is 0 Å². The summed E-state index contributed by atoms with van der Waals surface area (Å²) in [5.41, 5.74) is 2.19. The smallest absolute Gasteiger partial charge is 0.267 e. The van der Waals surface area contributed by atoms with Gasteiger partial charge in [0.25, 0.3) is 5.56 Å². The first-order chi connectivity index (χ1) is 7.31. The first kappa shape index (κ1) is 10.4. The third-order valence-electron chi connectivity index (χ3n) is 2.74. The molecule has 15 heavy (non-hydrogen) atoms. The van der Waals surface area contributed by atoms with Crippen molar-refractivity contribution in [1.82, 2.24) is 15.1 Å². The summed E-state index contributed by atoms with van der Waals surface area (Å²) in [7, 11) is 0. The van der Waals surface area contributed by atoms with Crippen molar-refractivity contribution in [3.63, 3.8) is 0 Å². The van der Waals surface area contributed by atoms with Crippen LogP contribution in [0.15, 0.2) is 10.9 Å². The molecule has 0 fully saturated rings. The molecule has 1 aromatic rings. The van der Waals surface area contributed by atoms with Crippen LogP contribution >= 0.6 is 0 Å². The highest BCUT2D eigenvalue weighted by Gasteiger charge is 2.12. The van der Waals surface area contributed by atoms with Crippen molar-refractivity contribution in [2.24, 2.45) is 0 Å². The minimum atomic E-state index is 0.0332. The number of nitrogens with one attached hydrogen (secondary N) is 1. The van der Waals surface area contributed by atoms with Crippen LogP contribution in [0.2, 0.25) is 0 Å². The SMILES string of the molecule is CCCCn1nc2c(cc1=O)CNCC2. The standard InChI is InChI=1S/C11H17N3O/c1-2-3-6-14-11(15)7-9-8-12-5-4-10(9)13-14/h7,12H,2-6,8H2,1H3. The maximum Gasteiger partial charge on any atom is 0.267 e. The zero-order valence-corrected chi connectivity index (χ0v) is 9.12. The van der Waals surface area contributed by atoms with Gasteiger partial charge in [0.1, 0.15) is 0 Å². The van der Waals surface area contributed by atoms with Gasteiger partial charge in [-0.05, 0) is 12.0 Å². The van der Waals surface area contributed by atoms with E-state index in [0.29, 0.717) is 0 Å². The van der Waals surface area contributed by atoms with Crippen molar-refractivity contribution in [3.8, 4) is 0 Å². The van der Waals surface area contributed by atoms with Crippen molar-refractivity contribution < 1.29 is 0 Å². The van der Waals surface area contributed by atoms with E-state index >= 15 is 0 Å². The Hall–Kier alpha value is -1.16. The van der Waals surface area contributed by atoms with Crippen LogP contribution in [0.25, 0.3) is 0 Å². The normalized spacial score (nSPS) is 15.0. The Labute approximate surface area is 89.3 Å². The molecule has 1 aromatic heterocycles. The van der Waals surface area contributed by atoms with Crippen LogP contribution in [-0.4, -0.2) is 16.3 Å². The molecule has 0 amide bonds. The maximum atomic E-state index is 11.7. The number of fused-ring (bicyclic) bond motifs is 1. The van der Waals surface area contributed by atoms with Crippen molar-refractivity contribution in [2.75, 3.05) is 6.54 Å². The molecule has 0 atom stereocenters. The average Bonchev–Trinajstić information content (AvgIpc) is 2.26. The van der Waals surface area contributed by atoms with Gasteiger partial charge >= 0.3 is 0 Å². The molecule has 0 aliphatic carbocycles. The largest absolute Gasteiger partial charge is 0.312 e. The minimum absolute atomic E-state index is 0.0332. The number of hydrogen-bond acceptors (Lipinski definition) is 3. The van der Waals surface area contributed by atoms with Crippen molar-refractivity contribution >= 4 is 0 Å². The highest BCUT2D eigenvalue weighted by atomic mass is 16.1. The van der Waals surface area contributed by atoms with Gasteiger partial charge in [-0.1, -0.05) is 13.3 Å². The number of unbranched alkanes of at least 4 members (excludes halogenated alkanes) is 1. The lowest BCUT2D eigenvalue weighted by Crippen LogP contribution is -2.31. The molecule has 1 aliphatic rings. The second-order valence-corrected chi connectivity index (χ2v) is 3.96. The Morgan fingerprint density at radius 3 is 3.27 bits per heavy atom. The Morgan fingerprint density at radius 2 is 2.47 bits per heavy atom. The third kappa shape index (κ3) is 2.26. The number of aromatic nitrogens is 2. The van der Waals surface area contributed by atoms with Gasteiger partial charge in [0.05, 0.1) is 5.69 Å². The van der Waals surface area contributed by atoms with Gasteiger partial charge < -0.3 is 5.32 Å². The number of nitrogens with zero attached hydrogens (tertiary/aromatic N) is 2. The molecule has 4 nitrogen and oxygen atoms in total. The molecule has 0 saturated heterocycles. The molecule has 4 heteroatoms. The van der Waals surface area contributed by atoms with Gasteiger partial charge in [0.15, 0.2) is 0 Å². The number of aryl methyl sites for hydroxylation is 1. The van der Waals surface area contributed by atoms with Gasteiger partial charge in [-0.3, -0.25) is 4.79 Å². The molecule has 2 heterocycles. The Morgan fingerprint density at radius 1 is 1.60 bits per heavy atom. The fourth-order valence-corrected chi connectivity index (χ4v) is 1.83. The van der Waals surface area contributed by atoms with Crippen LogP contribution < -0.4 is 10.9 Å². The van der Waals surface area contributed by atoms with Crippen LogP contribution in [0.1, 0.15) is 31.0 Å². The molecule has 1 N–H and O–H groups in total. The van der Waals surface area contributed by atoms with Crippen molar-refractivity contribution in [2.45, 2.75) is 39.3 Å². The Balaban J connectivity index is 2.28. The fourth-order valence-electron chi connectivity index (χ4n) is 1.83. The highest BCUT2D eigenvalue weighted by Crippen LogP contribution is 2.07. The third-order valence-corrected chi connectivity index (χ3v) is 2.74. The van der Waals surface area contributed by atoms with Crippen LogP contribution in [-0.2, 0) is 19.5 Å². The lowest BCUT2D eigenvalue weighted by molar-refractivity contribution is 0.512. The van der Waals surface area contributed by atoms with E-state index in [2.05, 4.69) is 17.3 Å². The molecule has 1 aliphatic heterocycles. The summed E-state index contributed by atoms with van der Waals surface area (Å²) in [5.74, 6) is 0. The molecule has 0 saturated carbocycles. The van der Waals surface area contributed by atoms with Crippen molar-refractivity contribution in [1.29, 1.82) is 0 Å². The quantitative estimate of drug-likeness (QED) is 0.793. The van der Waals surface area contributed by atoms with Crippen molar-refractivity contribution in [3.05, 3.63) is 27.7 Å². The first-order valence-electron chi connectivity index (χ1n) is 5.62. The van der Waals surface area contributed by atoms with E-state index in [0.717, 1.165) is 50.2 Å². The van der Waals surface area contributed by atoms with Crippen LogP contribution in [0, 0.1) is 0 Å². The molecule has 0 aromatic carbocycles. The van der Waals surface area contributed by atoms with Gasteiger partial charge in [-0.25, -0.2) is 4.68 Å². The molecule has 0 radical (unpaired) electrons. The average molecular weight is 207 g/mol. The highest BCUT2D eigenvalue weighted by molar-refractivity contribution is 5.20. The fraction of sp³-hybridized carbons (Fsp3) is 0.636. The van der Waals surface area contributed by atoms with E-state index in [-0.39, 0.29) is 5.56 Å². The summed E-state index contributed by atoms with van der Waals surface area (Å²) in [6.07, 6.45) is 3.04. The molecule has 0 bridgehead atoms. The summed E-state index contributed by atoms with van der Waals surface area (Å²) in [6, 6.07) is 1.73. The molecular weight excluding hydrogens is 190 g/mol. The minimum Gasteiger partial charge on any atom is -0.312 e. The van der Waals surface area contributed by atoms with E-state index in [9.17, 15) is 4.79 Å². The maximum absolute atomic E-state index is 11.7. The van der Waals surface area contributed by atoms with E-state index in [1.165, 1.54) is 0 Å². The molecule has 2 rings (SSSR count).